The lowest BCUT2D eigenvalue weighted by Gasteiger charge is -2.08. The van der Waals surface area contributed by atoms with Crippen molar-refractivity contribution in [1.29, 1.82) is 0 Å². The fraction of sp³-hybridized carbons (Fsp3) is 0.667. The Bertz CT molecular complexity index is 152. The van der Waals surface area contributed by atoms with Gasteiger partial charge in [0.1, 0.15) is 5.71 Å². The third kappa shape index (κ3) is 2.05. The van der Waals surface area contributed by atoms with Crippen LogP contribution in [0.1, 0.15) is 13.3 Å². The maximum Gasteiger partial charge on any atom is 0.271 e. The number of nitrogens with zero attached hydrogens (tertiary/aromatic N) is 2. The van der Waals surface area contributed by atoms with E-state index >= 15 is 0 Å². The molecule has 1 amide bonds. The van der Waals surface area contributed by atoms with E-state index in [4.69, 9.17) is 5.21 Å². The Morgan fingerprint density at radius 3 is 2.20 bits per heavy atom. The number of amides is 1. The molecule has 0 aliphatic carbocycles. The number of hydrogen-bond donors (Lipinski definition) is 1. The minimum absolute atomic E-state index is 0.185. The van der Waals surface area contributed by atoms with Crippen LogP contribution in [-0.2, 0) is 4.79 Å². The molecule has 0 unspecified atom stereocenters. The molecule has 4 nitrogen and oxygen atoms in total. The standard InChI is InChI=1S/C6H12N2O2/c1-4-5(7-10)6(9)8(2)3/h10H,4H2,1-3H3. The van der Waals surface area contributed by atoms with Crippen LogP contribution in [0, 0.1) is 0 Å². The summed E-state index contributed by atoms with van der Waals surface area (Å²) in [7, 11) is 3.23. The van der Waals surface area contributed by atoms with E-state index in [2.05, 4.69) is 5.16 Å². The van der Waals surface area contributed by atoms with Crippen molar-refractivity contribution >= 4 is 11.6 Å². The van der Waals surface area contributed by atoms with E-state index in [1.165, 1.54) is 4.90 Å². The normalized spacial score (nSPS) is 11.3. The van der Waals surface area contributed by atoms with E-state index in [0.717, 1.165) is 0 Å². The van der Waals surface area contributed by atoms with Gasteiger partial charge in [-0.2, -0.15) is 0 Å². The van der Waals surface area contributed by atoms with Crippen molar-refractivity contribution in [2.45, 2.75) is 13.3 Å². The Hall–Kier alpha value is -1.06. The molecule has 0 atom stereocenters. The van der Waals surface area contributed by atoms with Gasteiger partial charge in [0.05, 0.1) is 0 Å². The fourth-order valence-corrected chi connectivity index (χ4v) is 0.523. The summed E-state index contributed by atoms with van der Waals surface area (Å²) in [4.78, 5) is 12.3. The molecular formula is C6H12N2O2. The third-order valence-electron chi connectivity index (χ3n) is 1.11. The van der Waals surface area contributed by atoms with Crippen LogP contribution in [0.2, 0.25) is 0 Å². The maximum absolute atomic E-state index is 10.9. The summed E-state index contributed by atoms with van der Waals surface area (Å²) < 4.78 is 0. The van der Waals surface area contributed by atoms with Gasteiger partial charge in [-0.3, -0.25) is 4.79 Å². The van der Waals surface area contributed by atoms with Crippen LogP contribution in [0.25, 0.3) is 0 Å². The second-order valence-electron chi connectivity index (χ2n) is 2.10. The van der Waals surface area contributed by atoms with E-state index in [1.54, 1.807) is 21.0 Å². The Labute approximate surface area is 60.1 Å². The highest BCUT2D eigenvalue weighted by Crippen LogP contribution is 1.89. The summed E-state index contributed by atoms with van der Waals surface area (Å²) in [6, 6.07) is 0. The van der Waals surface area contributed by atoms with E-state index in [1.807, 2.05) is 0 Å². The number of hydrogen-bond acceptors (Lipinski definition) is 3. The zero-order valence-electron chi connectivity index (χ0n) is 6.46. The van der Waals surface area contributed by atoms with Crippen LogP contribution < -0.4 is 0 Å². The molecule has 0 saturated heterocycles. The zero-order chi connectivity index (χ0) is 8.15. The first kappa shape index (κ1) is 8.94. The second-order valence-corrected chi connectivity index (χ2v) is 2.10. The molecule has 0 aromatic carbocycles. The molecule has 0 aliphatic heterocycles. The summed E-state index contributed by atoms with van der Waals surface area (Å²) in [6.45, 7) is 1.76. The molecule has 0 aromatic heterocycles. The number of carbonyl (C=O) groups excluding carboxylic acids is 1. The first-order valence-corrected chi connectivity index (χ1v) is 3.06. The van der Waals surface area contributed by atoms with Crippen molar-refractivity contribution < 1.29 is 10.0 Å². The SMILES string of the molecule is CCC(=NO)C(=O)N(C)C. The highest BCUT2D eigenvalue weighted by atomic mass is 16.4. The molecular weight excluding hydrogens is 132 g/mol. The Kier molecular flexibility index (Phi) is 3.46. The van der Waals surface area contributed by atoms with Gasteiger partial charge < -0.3 is 10.1 Å². The van der Waals surface area contributed by atoms with Crippen LogP contribution in [0.5, 0.6) is 0 Å². The molecule has 58 valence electrons. The smallest absolute Gasteiger partial charge is 0.271 e. The summed E-state index contributed by atoms with van der Waals surface area (Å²) in [5.41, 5.74) is 0.185. The van der Waals surface area contributed by atoms with Gasteiger partial charge in [0.2, 0.25) is 0 Å². The summed E-state index contributed by atoms with van der Waals surface area (Å²) >= 11 is 0. The van der Waals surface area contributed by atoms with Crippen molar-refractivity contribution in [2.75, 3.05) is 14.1 Å². The molecule has 0 aromatic rings. The molecule has 1 N–H and O–H groups in total. The molecule has 10 heavy (non-hydrogen) atoms. The van der Waals surface area contributed by atoms with E-state index < -0.39 is 0 Å². The molecule has 0 saturated carbocycles. The average Bonchev–Trinajstić information content (AvgIpc) is 1.90. The van der Waals surface area contributed by atoms with Crippen molar-refractivity contribution in [3.63, 3.8) is 0 Å². The molecule has 0 fully saturated rings. The van der Waals surface area contributed by atoms with Gasteiger partial charge >= 0.3 is 0 Å². The van der Waals surface area contributed by atoms with Crippen molar-refractivity contribution in [3.8, 4) is 0 Å². The van der Waals surface area contributed by atoms with Gasteiger partial charge in [0.25, 0.3) is 5.91 Å². The number of carbonyl (C=O) groups is 1. The predicted molar refractivity (Wildman–Crippen MR) is 38.2 cm³/mol. The van der Waals surface area contributed by atoms with Crippen LogP contribution >= 0.6 is 0 Å². The summed E-state index contributed by atoms with van der Waals surface area (Å²) in [6.07, 6.45) is 0.452. The molecule has 0 heterocycles. The lowest BCUT2D eigenvalue weighted by atomic mass is 10.3. The highest BCUT2D eigenvalue weighted by Gasteiger charge is 2.10. The van der Waals surface area contributed by atoms with Crippen LogP contribution in [0.15, 0.2) is 5.16 Å². The molecule has 0 spiro atoms. The Balaban J connectivity index is 4.18. The zero-order valence-corrected chi connectivity index (χ0v) is 6.46. The predicted octanol–water partition coefficient (Wildman–Crippen LogP) is 0.315. The lowest BCUT2D eigenvalue weighted by molar-refractivity contribution is -0.122. The van der Waals surface area contributed by atoms with Crippen LogP contribution in [-0.4, -0.2) is 35.8 Å². The minimum atomic E-state index is -0.245. The Morgan fingerprint density at radius 1 is 1.60 bits per heavy atom. The minimum Gasteiger partial charge on any atom is -0.410 e. The first-order valence-electron chi connectivity index (χ1n) is 3.06. The van der Waals surface area contributed by atoms with Crippen molar-refractivity contribution in [1.82, 2.24) is 4.90 Å². The largest absolute Gasteiger partial charge is 0.410 e. The van der Waals surface area contributed by atoms with Gasteiger partial charge in [0.15, 0.2) is 0 Å². The van der Waals surface area contributed by atoms with Crippen LogP contribution in [0.3, 0.4) is 0 Å². The van der Waals surface area contributed by atoms with Gasteiger partial charge in [-0.15, -0.1) is 0 Å². The Morgan fingerprint density at radius 2 is 2.10 bits per heavy atom. The van der Waals surface area contributed by atoms with Gasteiger partial charge in [-0.1, -0.05) is 12.1 Å². The lowest BCUT2D eigenvalue weighted by Crippen LogP contribution is -2.29. The maximum atomic E-state index is 10.9. The third-order valence-corrected chi connectivity index (χ3v) is 1.11. The highest BCUT2D eigenvalue weighted by molar-refractivity contribution is 6.38. The molecule has 0 aliphatic rings. The van der Waals surface area contributed by atoms with Gasteiger partial charge in [-0.25, -0.2) is 0 Å². The van der Waals surface area contributed by atoms with Crippen molar-refractivity contribution in [3.05, 3.63) is 0 Å². The molecule has 4 heteroatoms. The quantitative estimate of drug-likeness (QED) is 0.344. The number of rotatable bonds is 2. The topological polar surface area (TPSA) is 52.9 Å². The fourth-order valence-electron chi connectivity index (χ4n) is 0.523. The first-order chi connectivity index (χ1) is 4.63. The van der Waals surface area contributed by atoms with E-state index in [-0.39, 0.29) is 11.6 Å². The van der Waals surface area contributed by atoms with Gasteiger partial charge in [-0.05, 0) is 6.42 Å². The monoisotopic (exact) mass is 144 g/mol. The molecule has 0 rings (SSSR count). The second kappa shape index (κ2) is 3.87. The summed E-state index contributed by atoms with van der Waals surface area (Å²) in [5.74, 6) is -0.245. The molecule has 0 radical (unpaired) electrons. The van der Waals surface area contributed by atoms with Gasteiger partial charge in [0, 0.05) is 14.1 Å². The average molecular weight is 144 g/mol. The van der Waals surface area contributed by atoms with Crippen LogP contribution in [0.4, 0.5) is 0 Å². The summed E-state index contributed by atoms with van der Waals surface area (Å²) in [5, 5.41) is 11.1. The van der Waals surface area contributed by atoms with E-state index in [0.29, 0.717) is 6.42 Å². The van der Waals surface area contributed by atoms with E-state index in [9.17, 15) is 4.79 Å². The van der Waals surface area contributed by atoms with Crippen molar-refractivity contribution in [2.24, 2.45) is 5.16 Å². The molecule has 0 bridgehead atoms. The number of oxime groups is 1.